The molecular weight excluding hydrogens is 486 g/mol. The zero-order chi connectivity index (χ0) is 24.8. The van der Waals surface area contributed by atoms with Crippen LogP contribution in [0.1, 0.15) is 49.3 Å². The molecule has 0 bridgehead atoms. The number of hydrogen-bond acceptors (Lipinski definition) is 6. The highest BCUT2D eigenvalue weighted by molar-refractivity contribution is 7.93. The van der Waals surface area contributed by atoms with Crippen LogP contribution in [0.2, 0.25) is 0 Å². The lowest BCUT2D eigenvalue weighted by Gasteiger charge is -2.38. The van der Waals surface area contributed by atoms with Gasteiger partial charge in [0, 0.05) is 17.5 Å². The van der Waals surface area contributed by atoms with Gasteiger partial charge in [0.15, 0.2) is 9.84 Å². The van der Waals surface area contributed by atoms with Crippen LogP contribution in [0.25, 0.3) is 0 Å². The summed E-state index contributed by atoms with van der Waals surface area (Å²) < 4.78 is 58.9. The largest absolute Gasteiger partial charge is 0.493 e. The van der Waals surface area contributed by atoms with Gasteiger partial charge in [-0.1, -0.05) is 19.1 Å². The molecule has 0 amide bonds. The number of sulfonamides is 1. The highest BCUT2D eigenvalue weighted by Crippen LogP contribution is 2.45. The summed E-state index contributed by atoms with van der Waals surface area (Å²) in [4.78, 5) is 0.135. The lowest BCUT2D eigenvalue weighted by atomic mass is 9.93. The van der Waals surface area contributed by atoms with Crippen molar-refractivity contribution in [3.05, 3.63) is 53.1 Å². The fourth-order valence-corrected chi connectivity index (χ4v) is 9.06. The molecule has 7 nitrogen and oxygen atoms in total. The average molecular weight is 520 g/mol. The summed E-state index contributed by atoms with van der Waals surface area (Å²) in [5.74, 6) is 0.953. The molecule has 2 heterocycles. The van der Waals surface area contributed by atoms with Crippen LogP contribution in [-0.4, -0.2) is 46.1 Å². The number of rotatable bonds is 8. The molecule has 2 atom stereocenters. The number of fused-ring (bicyclic) bond motifs is 1. The van der Waals surface area contributed by atoms with Crippen LogP contribution in [0, 0.1) is 11.8 Å². The summed E-state index contributed by atoms with van der Waals surface area (Å²) >= 11 is 0. The molecule has 1 N–H and O–H groups in total. The number of anilines is 1. The van der Waals surface area contributed by atoms with Gasteiger partial charge in [0.05, 0.1) is 35.3 Å². The fraction of sp³-hybridized carbons (Fsp3) is 0.538. The predicted octanol–water partition coefficient (Wildman–Crippen LogP) is 3.47. The van der Waals surface area contributed by atoms with Crippen molar-refractivity contribution in [2.45, 2.75) is 63.0 Å². The van der Waals surface area contributed by atoms with E-state index in [1.165, 1.54) is 17.7 Å². The zero-order valence-electron chi connectivity index (χ0n) is 20.0. The van der Waals surface area contributed by atoms with Crippen LogP contribution in [0.15, 0.2) is 41.3 Å². The molecule has 5 rings (SSSR count). The van der Waals surface area contributed by atoms with E-state index >= 15 is 0 Å². The van der Waals surface area contributed by atoms with Crippen LogP contribution in [-0.2, 0) is 39.3 Å². The second-order valence-corrected chi connectivity index (χ2v) is 14.1. The number of aliphatic hydroxyl groups excluding tert-OH is 1. The van der Waals surface area contributed by atoms with Gasteiger partial charge in [-0.15, -0.1) is 0 Å². The average Bonchev–Trinajstić information content (AvgIpc) is 3.64. The van der Waals surface area contributed by atoms with E-state index in [4.69, 9.17) is 4.74 Å². The lowest BCUT2D eigenvalue weighted by molar-refractivity contribution is 0.241. The Morgan fingerprint density at radius 1 is 1.09 bits per heavy atom. The van der Waals surface area contributed by atoms with E-state index in [0.717, 1.165) is 43.4 Å². The minimum absolute atomic E-state index is 0.0576. The Kier molecular flexibility index (Phi) is 6.61. The minimum atomic E-state index is -3.86. The first-order valence-corrected chi connectivity index (χ1v) is 15.7. The maximum Gasteiger partial charge on any atom is 0.264 e. The minimum Gasteiger partial charge on any atom is -0.493 e. The molecule has 2 unspecified atom stereocenters. The smallest absolute Gasteiger partial charge is 0.264 e. The zero-order valence-corrected chi connectivity index (χ0v) is 21.7. The van der Waals surface area contributed by atoms with Crippen molar-refractivity contribution in [2.24, 2.45) is 11.8 Å². The van der Waals surface area contributed by atoms with Gasteiger partial charge in [-0.05, 0) is 79.8 Å². The summed E-state index contributed by atoms with van der Waals surface area (Å²) in [6.45, 7) is 1.95. The molecule has 35 heavy (non-hydrogen) atoms. The Bertz CT molecular complexity index is 1320. The van der Waals surface area contributed by atoms with Crippen LogP contribution in [0.5, 0.6) is 5.75 Å². The van der Waals surface area contributed by atoms with Crippen molar-refractivity contribution in [2.75, 3.05) is 22.4 Å². The first kappa shape index (κ1) is 24.6. The van der Waals surface area contributed by atoms with Gasteiger partial charge < -0.3 is 9.84 Å². The van der Waals surface area contributed by atoms with E-state index in [1.54, 1.807) is 10.4 Å². The molecule has 2 aromatic rings. The number of aryl methyl sites for hydroxylation is 2. The van der Waals surface area contributed by atoms with Crippen molar-refractivity contribution in [3.8, 4) is 5.75 Å². The molecule has 0 spiro atoms. The third kappa shape index (κ3) is 4.95. The van der Waals surface area contributed by atoms with Crippen LogP contribution >= 0.6 is 0 Å². The predicted molar refractivity (Wildman–Crippen MR) is 135 cm³/mol. The molecule has 1 saturated heterocycles. The summed E-state index contributed by atoms with van der Waals surface area (Å²) in [5, 5.41) is 9.98. The van der Waals surface area contributed by atoms with E-state index < -0.39 is 19.9 Å². The van der Waals surface area contributed by atoms with Gasteiger partial charge in [-0.3, -0.25) is 4.31 Å². The summed E-state index contributed by atoms with van der Waals surface area (Å²) in [6, 6.07) is 10.6. The molecule has 2 aliphatic heterocycles. The maximum atomic E-state index is 14.0. The Morgan fingerprint density at radius 2 is 1.89 bits per heavy atom. The van der Waals surface area contributed by atoms with Crippen LogP contribution in [0.4, 0.5) is 5.69 Å². The van der Waals surface area contributed by atoms with E-state index in [1.807, 2.05) is 12.1 Å². The van der Waals surface area contributed by atoms with Crippen molar-refractivity contribution >= 4 is 25.5 Å². The third-order valence-electron chi connectivity index (χ3n) is 7.53. The second-order valence-electron chi connectivity index (χ2n) is 10.1. The number of nitrogens with zero attached hydrogens (tertiary/aromatic N) is 1. The number of sulfone groups is 1. The standard InChI is InChI=1S/C26H33NO6S2/c1-2-18-3-8-25-21(13-18)6-9-24(20-4-5-20)27(25)35(31,32)23-7-10-26(22(14-23)15-28)33-16-19-11-12-34(29,30)17-19/h3,7-8,10,13-14,19-20,24,28H,2,4-6,9,11-12,15-17H2,1H3. The van der Waals surface area contributed by atoms with E-state index in [-0.39, 0.29) is 41.6 Å². The second kappa shape index (κ2) is 9.41. The molecule has 9 heteroatoms. The fourth-order valence-electron chi connectivity index (χ4n) is 5.39. The van der Waals surface area contributed by atoms with Gasteiger partial charge in [0.2, 0.25) is 0 Å². The van der Waals surface area contributed by atoms with Crippen LogP contribution in [0.3, 0.4) is 0 Å². The van der Waals surface area contributed by atoms with Crippen molar-refractivity contribution < 1.29 is 26.7 Å². The SMILES string of the molecule is CCc1ccc2c(c1)CCC(C1CC1)N2S(=O)(=O)c1ccc(OCC2CCS(=O)(=O)C2)c(CO)c1. The van der Waals surface area contributed by atoms with Crippen molar-refractivity contribution in [3.63, 3.8) is 0 Å². The van der Waals surface area contributed by atoms with E-state index in [2.05, 4.69) is 13.0 Å². The molecular formula is C26H33NO6S2. The molecule has 3 aliphatic rings. The first-order valence-electron chi connectivity index (χ1n) is 12.4. The van der Waals surface area contributed by atoms with Crippen molar-refractivity contribution in [1.29, 1.82) is 0 Å². The third-order valence-corrected chi connectivity index (χ3v) is 11.2. The molecule has 190 valence electrons. The van der Waals surface area contributed by atoms with Gasteiger partial charge in [0.1, 0.15) is 5.75 Å². The van der Waals surface area contributed by atoms with Gasteiger partial charge in [0.25, 0.3) is 10.0 Å². The molecule has 0 aromatic heterocycles. The van der Waals surface area contributed by atoms with Gasteiger partial charge in [-0.25, -0.2) is 16.8 Å². The monoisotopic (exact) mass is 519 g/mol. The lowest BCUT2D eigenvalue weighted by Crippen LogP contribution is -2.45. The number of aliphatic hydroxyl groups is 1. The Labute approximate surface area is 208 Å². The Hall–Kier alpha value is -2.10. The topological polar surface area (TPSA) is 101 Å². The summed E-state index contributed by atoms with van der Waals surface area (Å²) in [7, 11) is -6.86. The highest BCUT2D eigenvalue weighted by atomic mass is 32.2. The Morgan fingerprint density at radius 3 is 2.54 bits per heavy atom. The first-order chi connectivity index (χ1) is 16.7. The molecule has 1 saturated carbocycles. The highest BCUT2D eigenvalue weighted by Gasteiger charge is 2.44. The molecule has 1 aliphatic carbocycles. The summed E-state index contributed by atoms with van der Waals surface area (Å²) in [6.07, 6.45) is 5.24. The Balaban J connectivity index is 1.44. The summed E-state index contributed by atoms with van der Waals surface area (Å²) in [5.41, 5.74) is 3.41. The van der Waals surface area contributed by atoms with Crippen molar-refractivity contribution in [1.82, 2.24) is 0 Å². The molecule has 0 radical (unpaired) electrons. The number of ether oxygens (including phenoxy) is 1. The van der Waals surface area contributed by atoms with Gasteiger partial charge >= 0.3 is 0 Å². The number of hydrogen-bond donors (Lipinski definition) is 1. The quantitative estimate of drug-likeness (QED) is 0.573. The number of benzene rings is 2. The maximum absolute atomic E-state index is 14.0. The van der Waals surface area contributed by atoms with Gasteiger partial charge in [-0.2, -0.15) is 0 Å². The van der Waals surface area contributed by atoms with E-state index in [9.17, 15) is 21.9 Å². The van der Waals surface area contributed by atoms with Crippen LogP contribution < -0.4 is 9.04 Å². The molecule has 2 fully saturated rings. The molecule has 2 aromatic carbocycles. The normalized spacial score (nSPS) is 23.8. The van der Waals surface area contributed by atoms with E-state index in [0.29, 0.717) is 23.7 Å².